The molecule has 0 saturated carbocycles. The van der Waals surface area contributed by atoms with Crippen molar-refractivity contribution in [2.45, 2.75) is 76.5 Å². The molecule has 222 valence electrons. The van der Waals surface area contributed by atoms with Crippen LogP contribution in [0.15, 0.2) is 47.7 Å². The van der Waals surface area contributed by atoms with Crippen LogP contribution in [0.4, 0.5) is 0 Å². The van der Waals surface area contributed by atoms with Gasteiger partial charge in [-0.2, -0.15) is 0 Å². The van der Waals surface area contributed by atoms with E-state index in [0.717, 1.165) is 18.2 Å². The lowest BCUT2D eigenvalue weighted by Gasteiger charge is -2.42. The van der Waals surface area contributed by atoms with Gasteiger partial charge in [0.15, 0.2) is 6.29 Å². The first kappa shape index (κ1) is 31.5. The monoisotopic (exact) mass is 566 g/mol. The van der Waals surface area contributed by atoms with Gasteiger partial charge in [0, 0.05) is 17.9 Å². The average Bonchev–Trinajstić information content (AvgIpc) is 2.94. The minimum absolute atomic E-state index is 0.0323. The second kappa shape index (κ2) is 15.1. The highest BCUT2D eigenvalue weighted by Crippen LogP contribution is 2.36. The van der Waals surface area contributed by atoms with Crippen LogP contribution in [-0.2, 0) is 39.7 Å². The number of phenolic OH excluding ortho intramolecular Hbond substituents is 1. The lowest BCUT2D eigenvalue weighted by molar-refractivity contribution is -0.327. The second-order valence-corrected chi connectivity index (χ2v) is 9.55. The van der Waals surface area contributed by atoms with E-state index < -0.39 is 61.5 Å². The van der Waals surface area contributed by atoms with E-state index in [-0.39, 0.29) is 31.0 Å². The van der Waals surface area contributed by atoms with E-state index >= 15 is 0 Å². The van der Waals surface area contributed by atoms with E-state index in [1.807, 2.05) is 6.92 Å². The zero-order valence-electron chi connectivity index (χ0n) is 22.5. The quantitative estimate of drug-likeness (QED) is 0.137. The third-order valence-corrected chi connectivity index (χ3v) is 6.74. The first-order valence-electron chi connectivity index (χ1n) is 13.3. The molecule has 0 radical (unpaired) electrons. The van der Waals surface area contributed by atoms with Gasteiger partial charge in [0.1, 0.15) is 30.2 Å². The Morgan fingerprint density at radius 1 is 1.02 bits per heavy atom. The largest absolute Gasteiger partial charge is 0.508 e. The van der Waals surface area contributed by atoms with Crippen molar-refractivity contribution >= 4 is 11.9 Å². The molecule has 0 spiro atoms. The fraction of sp³-hybridized carbons (Fsp3) is 0.571. The van der Waals surface area contributed by atoms with Crippen molar-refractivity contribution in [3.05, 3.63) is 53.3 Å². The van der Waals surface area contributed by atoms with Crippen molar-refractivity contribution in [3.8, 4) is 5.75 Å². The number of ether oxygens (including phenoxy) is 5. The van der Waals surface area contributed by atoms with Crippen LogP contribution in [0.5, 0.6) is 5.75 Å². The molecule has 40 heavy (non-hydrogen) atoms. The number of hydrogen-bond acceptors (Lipinski definition) is 12. The average molecular weight is 567 g/mol. The molecule has 0 amide bonds. The van der Waals surface area contributed by atoms with Gasteiger partial charge in [-0.3, -0.25) is 4.79 Å². The predicted octanol–water partition coefficient (Wildman–Crippen LogP) is 0.830. The molecule has 2 heterocycles. The normalized spacial score (nSPS) is 29.4. The van der Waals surface area contributed by atoms with Crippen molar-refractivity contribution < 1.29 is 58.8 Å². The number of rotatable bonds is 12. The standard InChI is InChI=1S/C28H38O12/c1-3-5-11-36-22(31)13-19-18(4-2)27(40-28-25(34)24(33)23(32)21(14-29)39-28)38-15-20(19)26(35)37-12-10-16-6-8-17(30)9-7-16/h4,6-9,15,19,21,23-25,27-30,32-34H,3,5,10-14H2,1-2H3/t19-,21+,23+,24-,25+,27-,28-/m0/s1. The SMILES string of the molecule is CC=C1[C@H](O[C@@H]2O[C@H](CO)[C@@H](O)[C@H](O)[C@H]2O)OC=C(C(=O)OCCc2ccc(O)cc2)[C@H]1CC(=O)OCCCC. The number of benzene rings is 1. The molecule has 7 atom stereocenters. The predicted molar refractivity (Wildman–Crippen MR) is 138 cm³/mol. The van der Waals surface area contributed by atoms with Crippen molar-refractivity contribution in [2.75, 3.05) is 19.8 Å². The maximum Gasteiger partial charge on any atom is 0.337 e. The number of phenols is 1. The molecule has 2 aliphatic rings. The van der Waals surface area contributed by atoms with Gasteiger partial charge in [-0.15, -0.1) is 0 Å². The van der Waals surface area contributed by atoms with Gasteiger partial charge in [-0.1, -0.05) is 31.6 Å². The summed E-state index contributed by atoms with van der Waals surface area (Å²) in [6.45, 7) is 3.23. The highest BCUT2D eigenvalue weighted by Gasteiger charge is 2.47. The third kappa shape index (κ3) is 8.03. The summed E-state index contributed by atoms with van der Waals surface area (Å²) in [7, 11) is 0. The molecule has 12 heteroatoms. The molecule has 0 aliphatic carbocycles. The Bertz CT molecular complexity index is 1030. The number of hydrogen-bond donors (Lipinski definition) is 5. The zero-order valence-corrected chi connectivity index (χ0v) is 22.5. The lowest BCUT2D eigenvalue weighted by atomic mass is 9.86. The Labute approximate surface area is 232 Å². The van der Waals surface area contributed by atoms with Crippen LogP contribution in [0.1, 0.15) is 38.7 Å². The molecule has 1 saturated heterocycles. The molecule has 0 bridgehead atoms. The Morgan fingerprint density at radius 3 is 2.40 bits per heavy atom. The molecule has 3 rings (SSSR count). The summed E-state index contributed by atoms with van der Waals surface area (Å²) in [6, 6.07) is 6.48. The highest BCUT2D eigenvalue weighted by atomic mass is 16.8. The summed E-state index contributed by atoms with van der Waals surface area (Å²) < 4.78 is 27.6. The summed E-state index contributed by atoms with van der Waals surface area (Å²) in [4.78, 5) is 25.7. The van der Waals surface area contributed by atoms with Crippen molar-refractivity contribution in [1.82, 2.24) is 0 Å². The van der Waals surface area contributed by atoms with Crippen LogP contribution in [0.2, 0.25) is 0 Å². The van der Waals surface area contributed by atoms with E-state index in [2.05, 4.69) is 0 Å². The topological polar surface area (TPSA) is 181 Å². The molecule has 1 fully saturated rings. The first-order chi connectivity index (χ1) is 19.2. The van der Waals surface area contributed by atoms with Crippen molar-refractivity contribution in [1.29, 1.82) is 0 Å². The maximum atomic E-state index is 13.1. The van der Waals surface area contributed by atoms with Crippen LogP contribution in [-0.4, -0.2) is 94.3 Å². The smallest absolute Gasteiger partial charge is 0.337 e. The minimum Gasteiger partial charge on any atom is -0.508 e. The van der Waals surface area contributed by atoms with Gasteiger partial charge in [-0.25, -0.2) is 4.79 Å². The van der Waals surface area contributed by atoms with Gasteiger partial charge < -0.3 is 49.2 Å². The van der Waals surface area contributed by atoms with E-state index in [1.165, 1.54) is 12.1 Å². The third-order valence-electron chi connectivity index (χ3n) is 6.74. The lowest BCUT2D eigenvalue weighted by Crippen LogP contribution is -2.60. The Hall–Kier alpha value is -3.00. The number of allylic oxidation sites excluding steroid dienone is 1. The molecule has 1 aromatic carbocycles. The van der Waals surface area contributed by atoms with Gasteiger partial charge in [-0.05, 0) is 31.0 Å². The fourth-order valence-corrected chi connectivity index (χ4v) is 4.37. The zero-order chi connectivity index (χ0) is 29.2. The summed E-state index contributed by atoms with van der Waals surface area (Å²) in [5.41, 5.74) is 1.25. The van der Waals surface area contributed by atoms with Crippen molar-refractivity contribution in [3.63, 3.8) is 0 Å². The number of aromatic hydroxyl groups is 1. The van der Waals surface area contributed by atoms with Crippen LogP contribution >= 0.6 is 0 Å². The molecule has 12 nitrogen and oxygen atoms in total. The number of carbonyl (C=O) groups is 2. The Kier molecular flexibility index (Phi) is 11.9. The van der Waals surface area contributed by atoms with Crippen LogP contribution in [0, 0.1) is 5.92 Å². The fourth-order valence-electron chi connectivity index (χ4n) is 4.37. The minimum atomic E-state index is -1.67. The summed E-state index contributed by atoms with van der Waals surface area (Å²) in [5, 5.41) is 49.5. The molecular formula is C28H38O12. The molecule has 5 N–H and O–H groups in total. The van der Waals surface area contributed by atoms with E-state index in [0.29, 0.717) is 18.4 Å². The molecule has 0 unspecified atom stereocenters. The van der Waals surface area contributed by atoms with Gasteiger partial charge in [0.05, 0.1) is 38.1 Å². The van der Waals surface area contributed by atoms with Crippen LogP contribution in [0.25, 0.3) is 0 Å². The number of esters is 2. The van der Waals surface area contributed by atoms with Crippen LogP contribution in [0.3, 0.4) is 0 Å². The Morgan fingerprint density at radius 2 is 1.75 bits per heavy atom. The molecule has 0 aromatic heterocycles. The first-order valence-corrected chi connectivity index (χ1v) is 13.3. The second-order valence-electron chi connectivity index (χ2n) is 9.55. The summed E-state index contributed by atoms with van der Waals surface area (Å²) in [5.74, 6) is -1.99. The number of carbonyl (C=O) groups excluding carboxylic acids is 2. The number of aliphatic hydroxyl groups is 4. The van der Waals surface area contributed by atoms with Gasteiger partial charge in [0.2, 0.25) is 6.29 Å². The molecule has 1 aromatic rings. The molecule has 2 aliphatic heterocycles. The van der Waals surface area contributed by atoms with Gasteiger partial charge in [0.25, 0.3) is 0 Å². The Balaban J connectivity index is 1.76. The summed E-state index contributed by atoms with van der Waals surface area (Å²) >= 11 is 0. The maximum absolute atomic E-state index is 13.1. The summed E-state index contributed by atoms with van der Waals surface area (Å²) in [6.07, 6.45) is -4.44. The van der Waals surface area contributed by atoms with E-state index in [9.17, 15) is 35.1 Å². The highest BCUT2D eigenvalue weighted by molar-refractivity contribution is 5.91. The van der Waals surface area contributed by atoms with E-state index in [1.54, 1.807) is 25.1 Å². The van der Waals surface area contributed by atoms with Gasteiger partial charge >= 0.3 is 11.9 Å². The number of aliphatic hydroxyl groups excluding tert-OH is 4. The number of unbranched alkanes of at least 4 members (excludes halogenated alkanes) is 1. The van der Waals surface area contributed by atoms with Crippen LogP contribution < -0.4 is 0 Å². The van der Waals surface area contributed by atoms with E-state index in [4.69, 9.17) is 23.7 Å². The molecular weight excluding hydrogens is 528 g/mol. The van der Waals surface area contributed by atoms with Crippen molar-refractivity contribution in [2.24, 2.45) is 5.92 Å².